The minimum atomic E-state index is -0.294. The van der Waals surface area contributed by atoms with E-state index < -0.39 is 0 Å². The topological polar surface area (TPSA) is 23.6 Å². The van der Waals surface area contributed by atoms with Crippen molar-refractivity contribution in [1.82, 2.24) is 9.80 Å². The minimum Gasteiger partial charge on any atom is -0.334 e. The molecule has 2 atom stereocenters. The lowest BCUT2D eigenvalue weighted by molar-refractivity contribution is 0.0650. The Labute approximate surface area is 125 Å². The number of hydrogen-bond acceptors (Lipinski definition) is 2. The van der Waals surface area contributed by atoms with Crippen molar-refractivity contribution in [3.05, 3.63) is 35.6 Å². The number of carbonyl (C=O) groups is 1. The zero-order chi connectivity index (χ0) is 14.8. The van der Waals surface area contributed by atoms with Crippen LogP contribution in [0.15, 0.2) is 24.3 Å². The number of nitrogens with zero attached hydrogens (tertiary/aromatic N) is 2. The molecule has 2 aliphatic heterocycles. The second kappa shape index (κ2) is 6.14. The van der Waals surface area contributed by atoms with Crippen molar-refractivity contribution in [1.29, 1.82) is 0 Å². The molecule has 3 rings (SSSR count). The van der Waals surface area contributed by atoms with E-state index in [0.29, 0.717) is 17.6 Å². The smallest absolute Gasteiger partial charge is 0.254 e. The predicted molar refractivity (Wildman–Crippen MR) is 80.7 cm³/mol. The number of halogens is 1. The van der Waals surface area contributed by atoms with E-state index in [2.05, 4.69) is 11.8 Å². The van der Waals surface area contributed by atoms with Crippen molar-refractivity contribution in [3.8, 4) is 0 Å². The summed E-state index contributed by atoms with van der Waals surface area (Å²) in [6.45, 7) is 5.23. The van der Waals surface area contributed by atoms with Gasteiger partial charge < -0.3 is 4.90 Å². The van der Waals surface area contributed by atoms with E-state index in [-0.39, 0.29) is 11.7 Å². The number of hydrogen-bond donors (Lipinski definition) is 0. The molecule has 0 bridgehead atoms. The summed E-state index contributed by atoms with van der Waals surface area (Å²) in [5, 5.41) is 0. The first-order valence-electron chi connectivity index (χ1n) is 8.01. The SMILES string of the molecule is CCN1CCC[C@@H]1[C@@H]1CCCN1C(=O)c1ccc(F)cc1. The summed E-state index contributed by atoms with van der Waals surface area (Å²) >= 11 is 0. The molecule has 1 aromatic rings. The molecule has 4 heteroatoms. The fraction of sp³-hybridized carbons (Fsp3) is 0.588. The predicted octanol–water partition coefficient (Wildman–Crippen LogP) is 2.91. The molecule has 0 unspecified atom stereocenters. The molecule has 0 spiro atoms. The van der Waals surface area contributed by atoms with E-state index in [1.165, 1.54) is 25.0 Å². The van der Waals surface area contributed by atoms with E-state index in [4.69, 9.17) is 0 Å². The summed E-state index contributed by atoms with van der Waals surface area (Å²) in [6.07, 6.45) is 4.58. The van der Waals surface area contributed by atoms with Crippen LogP contribution in [0.25, 0.3) is 0 Å². The standard InChI is InChI=1S/C17H23FN2O/c1-2-19-11-3-5-15(19)16-6-4-12-20(16)17(21)13-7-9-14(18)10-8-13/h7-10,15-16H,2-6,11-12H2,1H3/t15-,16+/m1/s1. The molecule has 0 saturated carbocycles. The van der Waals surface area contributed by atoms with Crippen molar-refractivity contribution >= 4 is 5.91 Å². The van der Waals surface area contributed by atoms with Crippen LogP contribution in [-0.2, 0) is 0 Å². The Morgan fingerprint density at radius 2 is 1.81 bits per heavy atom. The number of benzene rings is 1. The summed E-state index contributed by atoms with van der Waals surface area (Å²) in [7, 11) is 0. The van der Waals surface area contributed by atoms with Gasteiger partial charge >= 0.3 is 0 Å². The molecular weight excluding hydrogens is 267 g/mol. The van der Waals surface area contributed by atoms with E-state index in [1.807, 2.05) is 4.90 Å². The first-order valence-corrected chi connectivity index (χ1v) is 8.01. The third-order valence-electron chi connectivity index (χ3n) is 4.92. The monoisotopic (exact) mass is 290 g/mol. The number of likely N-dealkylation sites (tertiary alicyclic amines) is 2. The molecule has 2 saturated heterocycles. The highest BCUT2D eigenvalue weighted by Gasteiger charge is 2.39. The molecule has 21 heavy (non-hydrogen) atoms. The van der Waals surface area contributed by atoms with Crippen LogP contribution in [0.2, 0.25) is 0 Å². The zero-order valence-corrected chi connectivity index (χ0v) is 12.6. The van der Waals surface area contributed by atoms with Crippen LogP contribution >= 0.6 is 0 Å². The second-order valence-corrected chi connectivity index (χ2v) is 6.05. The van der Waals surface area contributed by atoms with Crippen LogP contribution < -0.4 is 0 Å². The average Bonchev–Trinajstić information content (AvgIpc) is 3.15. The Kier molecular flexibility index (Phi) is 4.24. The molecule has 2 fully saturated rings. The van der Waals surface area contributed by atoms with Gasteiger partial charge in [0.15, 0.2) is 0 Å². The zero-order valence-electron chi connectivity index (χ0n) is 12.6. The van der Waals surface area contributed by atoms with Gasteiger partial charge in [-0.05, 0) is 63.0 Å². The largest absolute Gasteiger partial charge is 0.334 e. The lowest BCUT2D eigenvalue weighted by Crippen LogP contribution is -2.48. The summed E-state index contributed by atoms with van der Waals surface area (Å²) in [6, 6.07) is 6.75. The third kappa shape index (κ3) is 2.82. The molecule has 0 N–H and O–H groups in total. The van der Waals surface area contributed by atoms with Crippen LogP contribution in [0.5, 0.6) is 0 Å². The number of amides is 1. The van der Waals surface area contributed by atoms with Gasteiger partial charge in [-0.3, -0.25) is 9.69 Å². The van der Waals surface area contributed by atoms with Crippen LogP contribution in [-0.4, -0.2) is 47.4 Å². The van der Waals surface area contributed by atoms with Crippen LogP contribution in [0.4, 0.5) is 4.39 Å². The molecule has 114 valence electrons. The van der Waals surface area contributed by atoms with E-state index in [9.17, 15) is 9.18 Å². The highest BCUT2D eigenvalue weighted by Crippen LogP contribution is 2.30. The molecule has 1 aromatic carbocycles. The quantitative estimate of drug-likeness (QED) is 0.854. The normalized spacial score (nSPS) is 26.5. The third-order valence-corrected chi connectivity index (χ3v) is 4.92. The number of likely N-dealkylation sites (N-methyl/N-ethyl adjacent to an activating group) is 1. The van der Waals surface area contributed by atoms with Gasteiger partial charge in [0.25, 0.3) is 5.91 Å². The highest BCUT2D eigenvalue weighted by atomic mass is 19.1. The molecule has 2 heterocycles. The van der Waals surface area contributed by atoms with Gasteiger partial charge in [-0.1, -0.05) is 6.92 Å². The van der Waals surface area contributed by atoms with Gasteiger partial charge in [0, 0.05) is 24.2 Å². The van der Waals surface area contributed by atoms with Crippen molar-refractivity contribution in [2.75, 3.05) is 19.6 Å². The highest BCUT2D eigenvalue weighted by molar-refractivity contribution is 5.94. The molecule has 3 nitrogen and oxygen atoms in total. The Balaban J connectivity index is 1.77. The first-order chi connectivity index (χ1) is 10.2. The molecule has 0 radical (unpaired) electrons. The van der Waals surface area contributed by atoms with Gasteiger partial charge in [0.2, 0.25) is 0 Å². The maximum absolute atomic E-state index is 13.0. The van der Waals surface area contributed by atoms with Crippen molar-refractivity contribution < 1.29 is 9.18 Å². The summed E-state index contributed by atoms with van der Waals surface area (Å²) in [5.74, 6) is -0.238. The van der Waals surface area contributed by atoms with Gasteiger partial charge in [-0.2, -0.15) is 0 Å². The summed E-state index contributed by atoms with van der Waals surface area (Å²) < 4.78 is 13.0. The van der Waals surface area contributed by atoms with Gasteiger partial charge in [-0.15, -0.1) is 0 Å². The van der Waals surface area contributed by atoms with Crippen LogP contribution in [0, 0.1) is 5.82 Å². The average molecular weight is 290 g/mol. The van der Waals surface area contributed by atoms with E-state index in [1.54, 1.807) is 12.1 Å². The molecule has 1 amide bonds. The minimum absolute atomic E-state index is 0.0560. The number of carbonyl (C=O) groups excluding carboxylic acids is 1. The lowest BCUT2D eigenvalue weighted by atomic mass is 10.0. The fourth-order valence-corrected chi connectivity index (χ4v) is 3.88. The van der Waals surface area contributed by atoms with Gasteiger partial charge in [0.05, 0.1) is 0 Å². The van der Waals surface area contributed by atoms with Gasteiger partial charge in [0.1, 0.15) is 5.82 Å². The fourth-order valence-electron chi connectivity index (χ4n) is 3.88. The number of rotatable bonds is 3. The van der Waals surface area contributed by atoms with Crippen LogP contribution in [0.3, 0.4) is 0 Å². The molecular formula is C17H23FN2O. The lowest BCUT2D eigenvalue weighted by Gasteiger charge is -2.34. The van der Waals surface area contributed by atoms with Gasteiger partial charge in [-0.25, -0.2) is 4.39 Å². The Hall–Kier alpha value is -1.42. The maximum Gasteiger partial charge on any atom is 0.254 e. The molecule has 2 aliphatic rings. The van der Waals surface area contributed by atoms with Crippen molar-refractivity contribution in [3.63, 3.8) is 0 Å². The first kappa shape index (κ1) is 14.5. The van der Waals surface area contributed by atoms with E-state index >= 15 is 0 Å². The summed E-state index contributed by atoms with van der Waals surface area (Å²) in [5.41, 5.74) is 0.601. The summed E-state index contributed by atoms with van der Waals surface area (Å²) in [4.78, 5) is 17.2. The maximum atomic E-state index is 13.0. The Bertz CT molecular complexity index is 502. The van der Waals surface area contributed by atoms with Crippen molar-refractivity contribution in [2.24, 2.45) is 0 Å². The second-order valence-electron chi connectivity index (χ2n) is 6.05. The van der Waals surface area contributed by atoms with Crippen LogP contribution in [0.1, 0.15) is 43.0 Å². The Morgan fingerprint density at radius 1 is 1.14 bits per heavy atom. The molecule has 0 aliphatic carbocycles. The molecule has 0 aromatic heterocycles. The van der Waals surface area contributed by atoms with Crippen molar-refractivity contribution in [2.45, 2.75) is 44.7 Å². The Morgan fingerprint density at radius 3 is 2.52 bits per heavy atom. The van der Waals surface area contributed by atoms with E-state index in [0.717, 1.165) is 32.5 Å².